The van der Waals surface area contributed by atoms with E-state index >= 15 is 0 Å². The molecule has 5 heteroatoms. The number of methoxy groups -OCH3 is 1. The Balaban J connectivity index is 1.23. The number of likely N-dealkylation sites (tertiary alicyclic amines) is 1. The molecule has 2 heterocycles. The van der Waals surface area contributed by atoms with Crippen LogP contribution in [0.4, 0.5) is 0 Å². The van der Waals surface area contributed by atoms with Crippen molar-refractivity contribution in [3.8, 4) is 5.75 Å². The van der Waals surface area contributed by atoms with E-state index in [1.54, 1.807) is 7.11 Å². The Morgan fingerprint density at radius 2 is 1.55 bits per heavy atom. The minimum atomic E-state index is 0.754. The van der Waals surface area contributed by atoms with Crippen LogP contribution >= 0.6 is 15.9 Å². The Morgan fingerprint density at radius 3 is 2.24 bits per heavy atom. The third-order valence-corrected chi connectivity index (χ3v) is 6.86. The first-order chi connectivity index (χ1) is 14.2. The van der Waals surface area contributed by atoms with Crippen LogP contribution in [0, 0.1) is 0 Å². The maximum atomic E-state index is 5.55. The van der Waals surface area contributed by atoms with Gasteiger partial charge in [-0.1, -0.05) is 46.3 Å². The zero-order valence-corrected chi connectivity index (χ0v) is 19.0. The van der Waals surface area contributed by atoms with Crippen molar-refractivity contribution in [2.45, 2.75) is 32.0 Å². The highest BCUT2D eigenvalue weighted by Crippen LogP contribution is 2.25. The topological polar surface area (TPSA) is 19.0 Å². The van der Waals surface area contributed by atoms with Crippen molar-refractivity contribution < 1.29 is 4.74 Å². The van der Waals surface area contributed by atoms with Gasteiger partial charge in [-0.05, 0) is 49.7 Å². The van der Waals surface area contributed by atoms with Gasteiger partial charge in [-0.25, -0.2) is 0 Å². The van der Waals surface area contributed by atoms with Crippen LogP contribution in [-0.4, -0.2) is 67.1 Å². The molecule has 2 aromatic carbocycles. The van der Waals surface area contributed by atoms with Gasteiger partial charge in [-0.2, -0.15) is 0 Å². The first kappa shape index (κ1) is 20.9. The van der Waals surface area contributed by atoms with Crippen molar-refractivity contribution in [1.82, 2.24) is 14.7 Å². The quantitative estimate of drug-likeness (QED) is 0.645. The molecule has 29 heavy (non-hydrogen) atoms. The number of hydrogen-bond acceptors (Lipinski definition) is 4. The van der Waals surface area contributed by atoms with Crippen LogP contribution in [0.1, 0.15) is 24.0 Å². The number of piperidine rings is 1. The number of rotatable bonds is 6. The van der Waals surface area contributed by atoms with Gasteiger partial charge in [0.1, 0.15) is 5.75 Å². The van der Waals surface area contributed by atoms with Crippen molar-refractivity contribution in [3.05, 3.63) is 64.1 Å². The molecule has 0 aliphatic carbocycles. The van der Waals surface area contributed by atoms with Gasteiger partial charge in [0.15, 0.2) is 0 Å². The number of halogens is 1. The molecule has 2 saturated heterocycles. The summed E-state index contributed by atoms with van der Waals surface area (Å²) in [6.45, 7) is 9.13. The van der Waals surface area contributed by atoms with Crippen molar-refractivity contribution in [3.63, 3.8) is 0 Å². The van der Waals surface area contributed by atoms with Crippen molar-refractivity contribution in [2.24, 2.45) is 0 Å². The van der Waals surface area contributed by atoms with Crippen LogP contribution in [0.2, 0.25) is 0 Å². The predicted molar refractivity (Wildman–Crippen MR) is 122 cm³/mol. The summed E-state index contributed by atoms with van der Waals surface area (Å²) in [7, 11) is 1.76. The maximum Gasteiger partial charge on any atom is 0.123 e. The molecule has 2 aliphatic rings. The molecule has 2 aromatic rings. The Morgan fingerprint density at radius 1 is 0.862 bits per heavy atom. The lowest BCUT2D eigenvalue weighted by Crippen LogP contribution is -2.52. The van der Waals surface area contributed by atoms with E-state index in [1.165, 1.54) is 50.1 Å². The molecular formula is C24H32BrN3O. The van der Waals surface area contributed by atoms with Gasteiger partial charge < -0.3 is 4.74 Å². The highest BCUT2D eigenvalue weighted by atomic mass is 79.9. The second-order valence-electron chi connectivity index (χ2n) is 8.26. The van der Waals surface area contributed by atoms with E-state index in [9.17, 15) is 0 Å². The number of nitrogens with zero attached hydrogens (tertiary/aromatic N) is 3. The molecule has 0 amide bonds. The van der Waals surface area contributed by atoms with E-state index in [0.717, 1.165) is 42.4 Å². The van der Waals surface area contributed by atoms with Crippen LogP contribution in [0.15, 0.2) is 53.0 Å². The van der Waals surface area contributed by atoms with Gasteiger partial charge in [0.25, 0.3) is 0 Å². The summed E-state index contributed by atoms with van der Waals surface area (Å²) in [5, 5.41) is 0. The van der Waals surface area contributed by atoms with E-state index in [1.807, 2.05) is 6.07 Å². The summed E-state index contributed by atoms with van der Waals surface area (Å²) in [5.41, 5.74) is 2.70. The summed E-state index contributed by atoms with van der Waals surface area (Å²) in [5.74, 6) is 0.987. The van der Waals surface area contributed by atoms with Gasteiger partial charge >= 0.3 is 0 Å². The molecule has 4 nitrogen and oxygen atoms in total. The molecule has 0 unspecified atom stereocenters. The summed E-state index contributed by atoms with van der Waals surface area (Å²) >= 11 is 3.59. The highest BCUT2D eigenvalue weighted by molar-refractivity contribution is 9.10. The summed E-state index contributed by atoms with van der Waals surface area (Å²) < 4.78 is 6.67. The van der Waals surface area contributed by atoms with Crippen LogP contribution in [0.5, 0.6) is 5.75 Å². The van der Waals surface area contributed by atoms with Crippen LogP contribution in [0.3, 0.4) is 0 Å². The van der Waals surface area contributed by atoms with Crippen LogP contribution in [0.25, 0.3) is 0 Å². The fourth-order valence-corrected chi connectivity index (χ4v) is 5.09. The van der Waals surface area contributed by atoms with E-state index in [-0.39, 0.29) is 0 Å². The second kappa shape index (κ2) is 10.1. The zero-order chi connectivity index (χ0) is 20.1. The molecule has 0 aromatic heterocycles. The maximum absolute atomic E-state index is 5.55. The minimum Gasteiger partial charge on any atom is -0.496 e. The lowest BCUT2D eigenvalue weighted by molar-refractivity contribution is 0.0547. The van der Waals surface area contributed by atoms with Crippen molar-refractivity contribution >= 4 is 15.9 Å². The third-order valence-electron chi connectivity index (χ3n) is 6.37. The molecule has 0 radical (unpaired) electrons. The van der Waals surface area contributed by atoms with E-state index in [4.69, 9.17) is 4.74 Å². The average molecular weight is 458 g/mol. The molecule has 4 rings (SSSR count). The number of benzene rings is 2. The molecule has 2 fully saturated rings. The molecule has 156 valence electrons. The minimum absolute atomic E-state index is 0.754. The number of piperazine rings is 1. The highest BCUT2D eigenvalue weighted by Gasteiger charge is 2.27. The van der Waals surface area contributed by atoms with E-state index < -0.39 is 0 Å². The Hall–Kier alpha value is -1.40. The second-order valence-corrected chi connectivity index (χ2v) is 9.18. The van der Waals surface area contributed by atoms with Gasteiger partial charge in [-0.15, -0.1) is 0 Å². The summed E-state index contributed by atoms with van der Waals surface area (Å²) in [4.78, 5) is 7.90. The largest absolute Gasteiger partial charge is 0.496 e. The SMILES string of the molecule is COc1ccc(Br)cc1CN1CCN(C2CCN(Cc3ccccc3)CC2)CC1. The normalized spacial score (nSPS) is 20.1. The average Bonchev–Trinajstić information content (AvgIpc) is 2.76. The first-order valence-corrected chi connectivity index (χ1v) is 11.6. The zero-order valence-electron chi connectivity index (χ0n) is 17.4. The van der Waals surface area contributed by atoms with E-state index in [0.29, 0.717) is 0 Å². The standard InChI is InChI=1S/C24H32BrN3O/c1-29-24-8-7-22(25)17-21(24)19-27-13-15-28(16-14-27)23-9-11-26(12-10-23)18-20-5-3-2-4-6-20/h2-8,17,23H,9-16,18-19H2,1H3. The van der Waals surface area contributed by atoms with Crippen molar-refractivity contribution in [1.29, 1.82) is 0 Å². The Labute approximate surface area is 183 Å². The first-order valence-electron chi connectivity index (χ1n) is 10.8. The molecule has 2 aliphatic heterocycles. The third kappa shape index (κ3) is 5.60. The lowest BCUT2D eigenvalue weighted by atomic mass is 10.0. The Kier molecular flexibility index (Phi) is 7.24. The molecule has 0 atom stereocenters. The van der Waals surface area contributed by atoms with Crippen LogP contribution in [-0.2, 0) is 13.1 Å². The molecule has 0 spiro atoms. The van der Waals surface area contributed by atoms with Gasteiger partial charge in [-0.3, -0.25) is 14.7 Å². The van der Waals surface area contributed by atoms with Gasteiger partial charge in [0.2, 0.25) is 0 Å². The number of hydrogen-bond donors (Lipinski definition) is 0. The predicted octanol–water partition coefficient (Wildman–Crippen LogP) is 4.24. The summed E-state index contributed by atoms with van der Waals surface area (Å²) in [6, 6.07) is 17.9. The molecule has 0 bridgehead atoms. The van der Waals surface area contributed by atoms with Gasteiger partial charge in [0.05, 0.1) is 7.11 Å². The Bertz CT molecular complexity index is 769. The molecular weight excluding hydrogens is 426 g/mol. The number of ether oxygens (including phenoxy) is 1. The van der Waals surface area contributed by atoms with Crippen molar-refractivity contribution in [2.75, 3.05) is 46.4 Å². The fraction of sp³-hybridized carbons (Fsp3) is 0.500. The summed E-state index contributed by atoms with van der Waals surface area (Å²) in [6.07, 6.45) is 2.60. The fourth-order valence-electron chi connectivity index (χ4n) is 4.68. The monoisotopic (exact) mass is 457 g/mol. The van der Waals surface area contributed by atoms with Gasteiger partial charge in [0, 0.05) is 55.3 Å². The van der Waals surface area contributed by atoms with E-state index in [2.05, 4.69) is 73.1 Å². The smallest absolute Gasteiger partial charge is 0.123 e. The lowest BCUT2D eigenvalue weighted by Gasteiger charge is -2.43. The molecule has 0 saturated carbocycles. The van der Waals surface area contributed by atoms with Crippen LogP contribution < -0.4 is 4.74 Å². The molecule has 0 N–H and O–H groups in total.